The maximum atomic E-state index is 11.3. The fourth-order valence-electron chi connectivity index (χ4n) is 1.02. The van der Waals surface area contributed by atoms with Crippen molar-refractivity contribution >= 4 is 15.9 Å². The fraction of sp³-hybridized carbons (Fsp3) is 0.889. The molecule has 0 spiro atoms. The van der Waals surface area contributed by atoms with Gasteiger partial charge in [-0.2, -0.15) is 0 Å². The summed E-state index contributed by atoms with van der Waals surface area (Å²) in [5.41, 5.74) is 5.21. The summed E-state index contributed by atoms with van der Waals surface area (Å²) < 4.78 is 24.9. The summed E-state index contributed by atoms with van der Waals surface area (Å²) in [5.74, 6) is -0.122. The standard InChI is InChI=1S/C9H21N3O3S/c1-2-6-11-9(13)4-7-12-16(14,15)8-3-5-10/h12H,2-8,10H2,1H3,(H,11,13). The van der Waals surface area contributed by atoms with Crippen LogP contribution in [0.2, 0.25) is 0 Å². The van der Waals surface area contributed by atoms with Crippen LogP contribution in [-0.2, 0) is 14.8 Å². The number of amides is 1. The van der Waals surface area contributed by atoms with Gasteiger partial charge in [-0.15, -0.1) is 0 Å². The van der Waals surface area contributed by atoms with E-state index in [9.17, 15) is 13.2 Å². The second-order valence-electron chi connectivity index (χ2n) is 3.46. The highest BCUT2D eigenvalue weighted by atomic mass is 32.2. The molecular formula is C9H21N3O3S. The Morgan fingerprint density at radius 1 is 1.31 bits per heavy atom. The highest BCUT2D eigenvalue weighted by molar-refractivity contribution is 7.89. The highest BCUT2D eigenvalue weighted by Gasteiger charge is 2.09. The molecule has 16 heavy (non-hydrogen) atoms. The van der Waals surface area contributed by atoms with Crippen molar-refractivity contribution in [2.45, 2.75) is 26.2 Å². The maximum absolute atomic E-state index is 11.3. The van der Waals surface area contributed by atoms with E-state index in [2.05, 4.69) is 10.0 Å². The Morgan fingerprint density at radius 3 is 2.56 bits per heavy atom. The van der Waals surface area contributed by atoms with Gasteiger partial charge in [0, 0.05) is 19.5 Å². The zero-order valence-corrected chi connectivity index (χ0v) is 10.5. The number of nitrogens with two attached hydrogens (primary N) is 1. The first-order valence-electron chi connectivity index (χ1n) is 5.46. The van der Waals surface area contributed by atoms with Gasteiger partial charge in [-0.1, -0.05) is 6.92 Å². The van der Waals surface area contributed by atoms with E-state index >= 15 is 0 Å². The summed E-state index contributed by atoms with van der Waals surface area (Å²) >= 11 is 0. The minimum atomic E-state index is -3.27. The maximum Gasteiger partial charge on any atom is 0.221 e. The average molecular weight is 251 g/mol. The van der Waals surface area contributed by atoms with Gasteiger partial charge < -0.3 is 11.1 Å². The zero-order valence-electron chi connectivity index (χ0n) is 9.66. The molecule has 7 heteroatoms. The Bertz CT molecular complexity index is 290. The molecule has 0 aliphatic carbocycles. The quantitative estimate of drug-likeness (QED) is 0.498. The normalized spacial score (nSPS) is 11.4. The van der Waals surface area contributed by atoms with E-state index in [1.807, 2.05) is 6.92 Å². The monoisotopic (exact) mass is 251 g/mol. The van der Waals surface area contributed by atoms with Crippen LogP contribution in [0.15, 0.2) is 0 Å². The SMILES string of the molecule is CCCNC(=O)CCNS(=O)(=O)CCCN. The summed E-state index contributed by atoms with van der Waals surface area (Å²) in [5, 5.41) is 2.67. The summed E-state index contributed by atoms with van der Waals surface area (Å²) in [4.78, 5) is 11.1. The smallest absolute Gasteiger partial charge is 0.221 e. The molecule has 0 atom stereocenters. The molecule has 0 saturated heterocycles. The van der Waals surface area contributed by atoms with Gasteiger partial charge >= 0.3 is 0 Å². The molecule has 0 bridgehead atoms. The van der Waals surface area contributed by atoms with Gasteiger partial charge in [0.25, 0.3) is 0 Å². The van der Waals surface area contributed by atoms with Gasteiger partial charge in [-0.25, -0.2) is 13.1 Å². The van der Waals surface area contributed by atoms with E-state index in [-0.39, 0.29) is 24.6 Å². The fourth-order valence-corrected chi connectivity index (χ4v) is 2.12. The van der Waals surface area contributed by atoms with Gasteiger partial charge in [0.05, 0.1) is 5.75 Å². The molecule has 0 radical (unpaired) electrons. The third-order valence-electron chi connectivity index (χ3n) is 1.86. The predicted octanol–water partition coefficient (Wildman–Crippen LogP) is -0.829. The van der Waals surface area contributed by atoms with E-state index < -0.39 is 10.0 Å². The predicted molar refractivity (Wildman–Crippen MR) is 63.4 cm³/mol. The molecule has 0 saturated carbocycles. The number of sulfonamides is 1. The van der Waals surface area contributed by atoms with Crippen molar-refractivity contribution in [1.29, 1.82) is 0 Å². The molecule has 6 nitrogen and oxygen atoms in total. The van der Waals surface area contributed by atoms with Crippen LogP contribution < -0.4 is 15.8 Å². The van der Waals surface area contributed by atoms with Crippen LogP contribution in [0.25, 0.3) is 0 Å². The summed E-state index contributed by atoms with van der Waals surface area (Å²) in [6, 6.07) is 0. The minimum absolute atomic E-state index is 0.0140. The number of nitrogens with one attached hydrogen (secondary N) is 2. The zero-order chi connectivity index (χ0) is 12.4. The van der Waals surface area contributed by atoms with E-state index in [0.29, 0.717) is 19.5 Å². The summed E-state index contributed by atoms with van der Waals surface area (Å²) in [7, 11) is -3.27. The van der Waals surface area contributed by atoms with Gasteiger partial charge in [-0.3, -0.25) is 4.79 Å². The Morgan fingerprint density at radius 2 is 2.00 bits per heavy atom. The third kappa shape index (κ3) is 8.63. The first-order valence-corrected chi connectivity index (χ1v) is 7.11. The minimum Gasteiger partial charge on any atom is -0.356 e. The molecule has 0 aromatic carbocycles. The Hall–Kier alpha value is -0.660. The second-order valence-corrected chi connectivity index (χ2v) is 5.38. The Labute approximate surface area is 97.0 Å². The molecule has 0 fully saturated rings. The summed E-state index contributed by atoms with van der Waals surface area (Å²) in [6.07, 6.45) is 1.47. The van der Waals surface area contributed by atoms with E-state index in [1.165, 1.54) is 0 Å². The molecule has 0 heterocycles. The second kappa shape index (κ2) is 8.49. The largest absolute Gasteiger partial charge is 0.356 e. The lowest BCUT2D eigenvalue weighted by molar-refractivity contribution is -0.120. The molecule has 4 N–H and O–H groups in total. The Kier molecular flexibility index (Phi) is 8.14. The Balaban J connectivity index is 3.68. The van der Waals surface area contributed by atoms with Crippen molar-refractivity contribution < 1.29 is 13.2 Å². The van der Waals surface area contributed by atoms with Crippen molar-refractivity contribution in [3.05, 3.63) is 0 Å². The van der Waals surface area contributed by atoms with Crippen LogP contribution in [0.5, 0.6) is 0 Å². The number of hydrogen-bond donors (Lipinski definition) is 3. The van der Waals surface area contributed by atoms with Crippen LogP contribution in [0, 0.1) is 0 Å². The lowest BCUT2D eigenvalue weighted by atomic mass is 10.4. The number of carbonyl (C=O) groups is 1. The van der Waals surface area contributed by atoms with Gasteiger partial charge in [-0.05, 0) is 19.4 Å². The van der Waals surface area contributed by atoms with Crippen LogP contribution >= 0.6 is 0 Å². The molecule has 0 aromatic rings. The van der Waals surface area contributed by atoms with Crippen molar-refractivity contribution in [2.75, 3.05) is 25.4 Å². The van der Waals surface area contributed by atoms with Crippen LogP contribution in [0.3, 0.4) is 0 Å². The van der Waals surface area contributed by atoms with E-state index in [4.69, 9.17) is 5.73 Å². The first-order chi connectivity index (χ1) is 7.52. The van der Waals surface area contributed by atoms with Crippen LogP contribution in [0.4, 0.5) is 0 Å². The number of hydrogen-bond acceptors (Lipinski definition) is 4. The van der Waals surface area contributed by atoms with Crippen LogP contribution in [-0.4, -0.2) is 39.7 Å². The topological polar surface area (TPSA) is 101 Å². The van der Waals surface area contributed by atoms with Crippen molar-refractivity contribution in [1.82, 2.24) is 10.0 Å². The molecule has 0 aliphatic rings. The third-order valence-corrected chi connectivity index (χ3v) is 3.33. The molecular weight excluding hydrogens is 230 g/mol. The van der Waals surface area contributed by atoms with Crippen molar-refractivity contribution in [3.8, 4) is 0 Å². The first kappa shape index (κ1) is 15.3. The number of rotatable bonds is 9. The molecule has 0 aliphatic heterocycles. The van der Waals surface area contributed by atoms with Gasteiger partial charge in [0.1, 0.15) is 0 Å². The van der Waals surface area contributed by atoms with Gasteiger partial charge in [0.15, 0.2) is 0 Å². The lowest BCUT2D eigenvalue weighted by Gasteiger charge is -2.06. The number of carbonyl (C=O) groups excluding carboxylic acids is 1. The van der Waals surface area contributed by atoms with Crippen molar-refractivity contribution in [3.63, 3.8) is 0 Å². The molecule has 0 aromatic heterocycles. The molecule has 96 valence electrons. The van der Waals surface area contributed by atoms with E-state index in [0.717, 1.165) is 6.42 Å². The average Bonchev–Trinajstić information content (AvgIpc) is 2.23. The highest BCUT2D eigenvalue weighted by Crippen LogP contribution is 1.89. The van der Waals surface area contributed by atoms with Crippen LogP contribution in [0.1, 0.15) is 26.2 Å². The molecule has 1 amide bonds. The molecule has 0 rings (SSSR count). The van der Waals surface area contributed by atoms with E-state index in [1.54, 1.807) is 0 Å². The van der Waals surface area contributed by atoms with Crippen molar-refractivity contribution in [2.24, 2.45) is 5.73 Å². The van der Waals surface area contributed by atoms with Gasteiger partial charge in [0.2, 0.25) is 15.9 Å². The summed E-state index contributed by atoms with van der Waals surface area (Å²) in [6.45, 7) is 3.06. The lowest BCUT2D eigenvalue weighted by Crippen LogP contribution is -2.32. The molecule has 0 unspecified atom stereocenters.